The Balaban J connectivity index is 0.00000225. The van der Waals surface area contributed by atoms with Gasteiger partial charge in [0.2, 0.25) is 0 Å². The molecule has 0 aromatic heterocycles. The molecule has 0 aliphatic rings. The minimum Gasteiger partial charge on any atom is -0.744 e. The van der Waals surface area contributed by atoms with Crippen molar-refractivity contribution in [1.82, 2.24) is 0 Å². The smallest absolute Gasteiger partial charge is 0.744 e. The molecule has 0 radical (unpaired) electrons. The van der Waals surface area contributed by atoms with Gasteiger partial charge in [-0.3, -0.25) is 0 Å². The molecule has 16 heavy (non-hydrogen) atoms. The summed E-state index contributed by atoms with van der Waals surface area (Å²) in [5.74, 6) is 2.31. The average Bonchev–Trinajstić information content (AvgIpc) is 2.18. The van der Waals surface area contributed by atoms with Crippen LogP contribution < -0.4 is 29.6 Å². The Labute approximate surface area is 117 Å². The molecule has 0 unspecified atom stereocenters. The molecular weight excluding hydrogens is 239 g/mol. The van der Waals surface area contributed by atoms with E-state index in [1.807, 2.05) is 0 Å². The number of hydrogen-bond donors (Lipinski definition) is 0. The molecule has 0 atom stereocenters. The number of rotatable bonds is 4. The number of ether oxygens (including phenoxy) is 1. The third-order valence-electron chi connectivity index (χ3n) is 1.67. The maximum absolute atomic E-state index is 10.6. The zero-order chi connectivity index (χ0) is 11.3. The Morgan fingerprint density at radius 1 is 1.31 bits per heavy atom. The van der Waals surface area contributed by atoms with E-state index in [0.717, 1.165) is 5.56 Å². The van der Waals surface area contributed by atoms with Crippen LogP contribution >= 0.6 is 0 Å². The van der Waals surface area contributed by atoms with Crippen LogP contribution in [0.1, 0.15) is 5.56 Å². The minimum absolute atomic E-state index is 0. The van der Waals surface area contributed by atoms with E-state index in [0.29, 0.717) is 6.61 Å². The first-order chi connectivity index (χ1) is 7.04. The molecule has 0 aliphatic heterocycles. The zero-order valence-electron chi connectivity index (χ0n) is 8.84. The van der Waals surface area contributed by atoms with E-state index in [4.69, 9.17) is 11.2 Å². The van der Waals surface area contributed by atoms with Gasteiger partial charge in [0.05, 0.1) is 11.5 Å². The number of hydrogen-bond acceptors (Lipinski definition) is 4. The molecule has 0 bridgehead atoms. The summed E-state index contributed by atoms with van der Waals surface area (Å²) >= 11 is 0. The predicted molar refractivity (Wildman–Crippen MR) is 52.9 cm³/mol. The van der Waals surface area contributed by atoms with Gasteiger partial charge in [0.1, 0.15) is 16.7 Å². The van der Waals surface area contributed by atoms with Crippen molar-refractivity contribution in [3.05, 3.63) is 29.8 Å². The summed E-state index contributed by atoms with van der Waals surface area (Å²) in [4.78, 5) is -0.247. The molecule has 6 heteroatoms. The van der Waals surface area contributed by atoms with Crippen molar-refractivity contribution in [2.24, 2.45) is 0 Å². The summed E-state index contributed by atoms with van der Waals surface area (Å²) in [5.41, 5.74) is 0.762. The third kappa shape index (κ3) is 5.12. The van der Waals surface area contributed by atoms with Crippen molar-refractivity contribution >= 4 is 10.1 Å². The molecule has 4 nitrogen and oxygen atoms in total. The van der Waals surface area contributed by atoms with Crippen molar-refractivity contribution in [2.45, 2.75) is 11.5 Å². The fourth-order valence-electron chi connectivity index (χ4n) is 0.980. The van der Waals surface area contributed by atoms with Crippen LogP contribution in [-0.2, 0) is 21.5 Å². The largest absolute Gasteiger partial charge is 1.00 e. The van der Waals surface area contributed by atoms with Gasteiger partial charge in [-0.25, -0.2) is 8.42 Å². The topological polar surface area (TPSA) is 66.4 Å². The van der Waals surface area contributed by atoms with Gasteiger partial charge < -0.3 is 9.29 Å². The second-order valence-corrected chi connectivity index (χ2v) is 4.17. The van der Waals surface area contributed by atoms with Crippen molar-refractivity contribution in [3.63, 3.8) is 0 Å². The van der Waals surface area contributed by atoms with E-state index in [1.165, 1.54) is 24.3 Å². The summed E-state index contributed by atoms with van der Waals surface area (Å²) < 4.78 is 36.8. The first-order valence-corrected chi connectivity index (χ1v) is 5.51. The van der Waals surface area contributed by atoms with E-state index in [2.05, 4.69) is 5.92 Å². The zero-order valence-corrected chi connectivity index (χ0v) is 11.7. The number of terminal acetylenes is 1. The first-order valence-electron chi connectivity index (χ1n) is 4.10. The molecular formula is C10H9NaO4S. The predicted octanol–water partition coefficient (Wildman–Crippen LogP) is -2.26. The van der Waals surface area contributed by atoms with Gasteiger partial charge >= 0.3 is 29.6 Å². The standard InChI is InChI=1S/C10H10O4S.Na/c1-2-7-14-8-9-3-5-10(6-4-9)15(11,12)13;/h1,3-6H,7-8H2,(H,11,12,13);/q;+1/p-1. The number of benzene rings is 1. The second kappa shape index (κ2) is 7.07. The Kier molecular flexibility index (Phi) is 6.91. The van der Waals surface area contributed by atoms with Crippen LogP contribution in [0, 0.1) is 12.3 Å². The summed E-state index contributed by atoms with van der Waals surface area (Å²) in [7, 11) is -4.37. The normalized spacial score (nSPS) is 10.2. The van der Waals surface area contributed by atoms with Crippen LogP contribution in [0.15, 0.2) is 29.2 Å². The van der Waals surface area contributed by atoms with E-state index in [-0.39, 0.29) is 41.1 Å². The molecule has 0 N–H and O–H groups in total. The van der Waals surface area contributed by atoms with Crippen molar-refractivity contribution in [1.29, 1.82) is 0 Å². The van der Waals surface area contributed by atoms with Crippen molar-refractivity contribution in [2.75, 3.05) is 6.61 Å². The minimum atomic E-state index is -4.37. The van der Waals surface area contributed by atoms with Crippen LogP contribution in [0.4, 0.5) is 0 Å². The first kappa shape index (κ1) is 15.7. The van der Waals surface area contributed by atoms with Crippen molar-refractivity contribution < 1.29 is 47.3 Å². The maximum atomic E-state index is 10.6. The van der Waals surface area contributed by atoms with Gasteiger partial charge in [-0.05, 0) is 17.7 Å². The van der Waals surface area contributed by atoms with E-state index in [1.54, 1.807) is 0 Å². The van der Waals surface area contributed by atoms with Gasteiger partial charge in [0.25, 0.3) is 0 Å². The third-order valence-corrected chi connectivity index (χ3v) is 2.52. The van der Waals surface area contributed by atoms with Crippen molar-refractivity contribution in [3.8, 4) is 12.3 Å². The molecule has 1 aromatic carbocycles. The molecule has 0 fully saturated rings. The molecule has 0 heterocycles. The molecule has 0 saturated heterocycles. The Morgan fingerprint density at radius 2 is 1.88 bits per heavy atom. The fraction of sp³-hybridized carbons (Fsp3) is 0.200. The molecule has 80 valence electrons. The average molecular weight is 248 g/mol. The fourth-order valence-corrected chi connectivity index (χ4v) is 1.45. The summed E-state index contributed by atoms with van der Waals surface area (Å²) in [5, 5.41) is 0. The Hall–Kier alpha value is -0.350. The molecule has 1 aromatic rings. The monoisotopic (exact) mass is 248 g/mol. The Morgan fingerprint density at radius 3 is 2.31 bits per heavy atom. The maximum Gasteiger partial charge on any atom is 1.00 e. The van der Waals surface area contributed by atoms with Crippen LogP contribution in [0.25, 0.3) is 0 Å². The van der Waals surface area contributed by atoms with Gasteiger partial charge in [-0.1, -0.05) is 18.1 Å². The van der Waals surface area contributed by atoms with Gasteiger partial charge in [-0.15, -0.1) is 6.42 Å². The second-order valence-electron chi connectivity index (χ2n) is 2.79. The molecule has 0 saturated carbocycles. The van der Waals surface area contributed by atoms with Gasteiger partial charge in [0.15, 0.2) is 0 Å². The summed E-state index contributed by atoms with van der Waals surface area (Å²) in [6, 6.07) is 5.52. The van der Waals surface area contributed by atoms with E-state index < -0.39 is 10.1 Å². The molecule has 1 rings (SSSR count). The van der Waals surface area contributed by atoms with Crippen LogP contribution in [0.3, 0.4) is 0 Å². The van der Waals surface area contributed by atoms with E-state index in [9.17, 15) is 13.0 Å². The molecule has 0 amide bonds. The van der Waals surface area contributed by atoms with E-state index >= 15 is 0 Å². The quantitative estimate of drug-likeness (QED) is 0.261. The SMILES string of the molecule is C#CCOCc1ccc(S(=O)(=O)[O-])cc1.[Na+]. The van der Waals surface area contributed by atoms with Crippen LogP contribution in [0.5, 0.6) is 0 Å². The summed E-state index contributed by atoms with van der Waals surface area (Å²) in [6.45, 7) is 0.491. The van der Waals surface area contributed by atoms with Gasteiger partial charge in [-0.2, -0.15) is 0 Å². The molecule has 0 spiro atoms. The van der Waals surface area contributed by atoms with Crippen LogP contribution in [-0.4, -0.2) is 19.6 Å². The Bertz CT molecular complexity index is 459. The molecule has 0 aliphatic carbocycles. The van der Waals surface area contributed by atoms with Gasteiger partial charge in [0, 0.05) is 0 Å². The summed E-state index contributed by atoms with van der Waals surface area (Å²) in [6.07, 6.45) is 4.98. The van der Waals surface area contributed by atoms with Crippen LogP contribution in [0.2, 0.25) is 0 Å².